The molecule has 0 aliphatic carbocycles. The van der Waals surface area contributed by atoms with E-state index in [2.05, 4.69) is 5.32 Å². The first-order chi connectivity index (χ1) is 9.11. The van der Waals surface area contributed by atoms with Crippen molar-refractivity contribution in [3.05, 3.63) is 47.9 Å². The van der Waals surface area contributed by atoms with E-state index in [9.17, 15) is 9.59 Å². The summed E-state index contributed by atoms with van der Waals surface area (Å²) in [5.41, 5.74) is 0.660. The Labute approximate surface area is 113 Å². The summed E-state index contributed by atoms with van der Waals surface area (Å²) >= 11 is 1.50. The maximum Gasteiger partial charge on any atom is 0.371 e. The highest BCUT2D eigenvalue weighted by molar-refractivity contribution is 7.98. The second-order valence-electron chi connectivity index (χ2n) is 3.62. The molecule has 2 N–H and O–H groups in total. The number of benzene rings is 1. The average molecular weight is 277 g/mol. The number of anilines is 1. The first kappa shape index (κ1) is 13.2. The van der Waals surface area contributed by atoms with Crippen molar-refractivity contribution in [2.75, 3.05) is 11.6 Å². The molecule has 0 unspecified atom stereocenters. The van der Waals surface area contributed by atoms with E-state index in [1.54, 1.807) is 12.1 Å². The minimum Gasteiger partial charge on any atom is -0.475 e. The summed E-state index contributed by atoms with van der Waals surface area (Å²) in [6.07, 6.45) is 1.90. The van der Waals surface area contributed by atoms with Gasteiger partial charge >= 0.3 is 5.97 Å². The maximum absolute atomic E-state index is 11.9. The number of carboxylic acids is 1. The van der Waals surface area contributed by atoms with Crippen LogP contribution in [0.25, 0.3) is 0 Å². The molecule has 1 heterocycles. The van der Waals surface area contributed by atoms with E-state index in [0.29, 0.717) is 5.69 Å². The van der Waals surface area contributed by atoms with Crippen molar-refractivity contribution >= 4 is 29.3 Å². The van der Waals surface area contributed by atoms with Crippen molar-refractivity contribution in [1.82, 2.24) is 0 Å². The van der Waals surface area contributed by atoms with Crippen LogP contribution >= 0.6 is 11.8 Å². The summed E-state index contributed by atoms with van der Waals surface area (Å²) in [7, 11) is 0. The van der Waals surface area contributed by atoms with Gasteiger partial charge in [0, 0.05) is 4.90 Å². The van der Waals surface area contributed by atoms with Crippen LogP contribution in [0.15, 0.2) is 45.7 Å². The van der Waals surface area contributed by atoms with Gasteiger partial charge in [0.2, 0.25) is 5.76 Å². The normalized spacial score (nSPS) is 10.2. The van der Waals surface area contributed by atoms with Crippen LogP contribution in [0, 0.1) is 0 Å². The van der Waals surface area contributed by atoms with Gasteiger partial charge in [0.15, 0.2) is 5.76 Å². The molecule has 0 aliphatic rings. The SMILES string of the molecule is CSc1ccccc1NC(=O)c1ccc(C(=O)O)o1. The molecule has 0 aliphatic heterocycles. The second-order valence-corrected chi connectivity index (χ2v) is 4.47. The Bertz CT molecular complexity index is 621. The fraction of sp³-hybridized carbons (Fsp3) is 0.0769. The van der Waals surface area contributed by atoms with Crippen LogP contribution in [0.3, 0.4) is 0 Å². The van der Waals surface area contributed by atoms with Gasteiger partial charge in [0.25, 0.3) is 5.91 Å². The lowest BCUT2D eigenvalue weighted by Crippen LogP contribution is -2.11. The third-order valence-electron chi connectivity index (χ3n) is 2.40. The zero-order valence-corrected chi connectivity index (χ0v) is 10.9. The van der Waals surface area contributed by atoms with E-state index >= 15 is 0 Å². The van der Waals surface area contributed by atoms with Crippen molar-refractivity contribution in [2.45, 2.75) is 4.90 Å². The minimum absolute atomic E-state index is 0.0340. The number of para-hydroxylation sites is 1. The first-order valence-corrected chi connectivity index (χ1v) is 6.62. The highest BCUT2D eigenvalue weighted by atomic mass is 32.2. The van der Waals surface area contributed by atoms with Crippen molar-refractivity contribution in [1.29, 1.82) is 0 Å². The van der Waals surface area contributed by atoms with Crippen LogP contribution in [0.4, 0.5) is 5.69 Å². The number of rotatable bonds is 4. The molecule has 19 heavy (non-hydrogen) atoms. The molecule has 0 spiro atoms. The van der Waals surface area contributed by atoms with E-state index < -0.39 is 11.9 Å². The van der Waals surface area contributed by atoms with E-state index in [1.807, 2.05) is 18.4 Å². The Morgan fingerprint density at radius 1 is 1.16 bits per heavy atom. The summed E-state index contributed by atoms with van der Waals surface area (Å²) < 4.78 is 4.93. The predicted molar refractivity (Wildman–Crippen MR) is 71.8 cm³/mol. The Morgan fingerprint density at radius 3 is 2.47 bits per heavy atom. The van der Waals surface area contributed by atoms with Gasteiger partial charge < -0.3 is 14.8 Å². The van der Waals surface area contributed by atoms with Crippen molar-refractivity contribution < 1.29 is 19.1 Å². The van der Waals surface area contributed by atoms with Crippen molar-refractivity contribution in [2.24, 2.45) is 0 Å². The summed E-state index contributed by atoms with van der Waals surface area (Å²) in [5.74, 6) is -1.98. The van der Waals surface area contributed by atoms with E-state index in [1.165, 1.54) is 23.9 Å². The molecule has 98 valence electrons. The lowest BCUT2D eigenvalue weighted by molar-refractivity contribution is 0.0660. The monoisotopic (exact) mass is 277 g/mol. The molecule has 0 radical (unpaired) electrons. The predicted octanol–water partition coefficient (Wildman–Crippen LogP) is 2.95. The number of hydrogen-bond donors (Lipinski definition) is 2. The van der Waals surface area contributed by atoms with Gasteiger partial charge in [-0.15, -0.1) is 11.8 Å². The number of furan rings is 1. The Balaban J connectivity index is 2.18. The van der Waals surface area contributed by atoms with Gasteiger partial charge in [-0.05, 0) is 30.5 Å². The van der Waals surface area contributed by atoms with Crippen molar-refractivity contribution in [3.8, 4) is 0 Å². The summed E-state index contributed by atoms with van der Waals surface area (Å²) in [5, 5.41) is 11.4. The molecule has 6 heteroatoms. The third-order valence-corrected chi connectivity index (χ3v) is 3.19. The number of carboxylic acid groups (broad SMARTS) is 1. The highest BCUT2D eigenvalue weighted by Gasteiger charge is 2.15. The number of aromatic carboxylic acids is 1. The molecule has 1 amide bonds. The van der Waals surface area contributed by atoms with Gasteiger partial charge in [-0.1, -0.05) is 12.1 Å². The molecule has 0 saturated carbocycles. The van der Waals surface area contributed by atoms with Crippen LogP contribution in [-0.2, 0) is 0 Å². The summed E-state index contributed by atoms with van der Waals surface area (Å²) in [6.45, 7) is 0. The van der Waals surface area contributed by atoms with Crippen LogP contribution in [0.5, 0.6) is 0 Å². The number of nitrogens with one attached hydrogen (secondary N) is 1. The molecule has 2 aromatic rings. The molecular formula is C13H11NO4S. The molecule has 1 aromatic carbocycles. The molecule has 0 saturated heterocycles. The Hall–Kier alpha value is -2.21. The number of carbonyl (C=O) groups excluding carboxylic acids is 1. The Kier molecular flexibility index (Phi) is 3.91. The Morgan fingerprint density at radius 2 is 1.84 bits per heavy atom. The molecular weight excluding hydrogens is 266 g/mol. The second kappa shape index (κ2) is 5.62. The van der Waals surface area contributed by atoms with Crippen LogP contribution < -0.4 is 5.32 Å². The van der Waals surface area contributed by atoms with Gasteiger partial charge in [0.05, 0.1) is 5.69 Å². The van der Waals surface area contributed by atoms with Crippen molar-refractivity contribution in [3.63, 3.8) is 0 Å². The van der Waals surface area contributed by atoms with Crippen LogP contribution in [-0.4, -0.2) is 23.2 Å². The highest BCUT2D eigenvalue weighted by Crippen LogP contribution is 2.25. The van der Waals surface area contributed by atoms with Gasteiger partial charge in [-0.25, -0.2) is 4.79 Å². The van der Waals surface area contributed by atoms with E-state index in [4.69, 9.17) is 9.52 Å². The fourth-order valence-corrected chi connectivity index (χ4v) is 2.06. The molecule has 2 rings (SSSR count). The smallest absolute Gasteiger partial charge is 0.371 e. The molecule has 5 nitrogen and oxygen atoms in total. The van der Waals surface area contributed by atoms with Crippen LogP contribution in [0.2, 0.25) is 0 Å². The number of thioether (sulfide) groups is 1. The molecule has 1 aromatic heterocycles. The lowest BCUT2D eigenvalue weighted by atomic mass is 10.3. The lowest BCUT2D eigenvalue weighted by Gasteiger charge is -2.07. The largest absolute Gasteiger partial charge is 0.475 e. The molecule has 0 atom stereocenters. The maximum atomic E-state index is 11.9. The van der Waals surface area contributed by atoms with Gasteiger partial charge in [0.1, 0.15) is 0 Å². The van der Waals surface area contributed by atoms with Gasteiger partial charge in [-0.3, -0.25) is 4.79 Å². The molecule has 0 fully saturated rings. The van der Waals surface area contributed by atoms with E-state index in [-0.39, 0.29) is 11.5 Å². The third kappa shape index (κ3) is 2.97. The molecule has 0 bridgehead atoms. The van der Waals surface area contributed by atoms with E-state index in [0.717, 1.165) is 4.90 Å². The number of amides is 1. The quantitative estimate of drug-likeness (QED) is 0.840. The number of hydrogen-bond acceptors (Lipinski definition) is 4. The minimum atomic E-state index is -1.21. The zero-order chi connectivity index (χ0) is 13.8. The zero-order valence-electron chi connectivity index (χ0n) is 10.0. The summed E-state index contributed by atoms with van der Waals surface area (Å²) in [4.78, 5) is 23.5. The van der Waals surface area contributed by atoms with Gasteiger partial charge in [-0.2, -0.15) is 0 Å². The topological polar surface area (TPSA) is 79.5 Å². The first-order valence-electron chi connectivity index (χ1n) is 5.39. The average Bonchev–Trinajstić information content (AvgIpc) is 2.89. The fourth-order valence-electron chi connectivity index (χ4n) is 1.51. The number of carbonyl (C=O) groups is 2. The standard InChI is InChI=1S/C13H11NO4S/c1-19-11-5-3-2-4-8(11)14-12(15)9-6-7-10(18-9)13(16)17/h2-7H,1H3,(H,14,15)(H,16,17). The van der Waals surface area contributed by atoms with Crippen LogP contribution in [0.1, 0.15) is 21.1 Å². The summed E-state index contributed by atoms with van der Waals surface area (Å²) in [6, 6.07) is 9.91.